The normalized spacial score (nSPS) is 9.62. The SMILES string of the molecule is CCN(CC)C(=O)CCNC(=O)NCC(=O)NCC(=O)O. The molecule has 0 fully saturated rings. The van der Waals surface area contributed by atoms with Crippen LogP contribution in [0.25, 0.3) is 0 Å². The van der Waals surface area contributed by atoms with E-state index < -0.39 is 24.5 Å². The number of amides is 4. The molecule has 0 spiro atoms. The van der Waals surface area contributed by atoms with Gasteiger partial charge in [0.25, 0.3) is 0 Å². The van der Waals surface area contributed by atoms with E-state index in [0.29, 0.717) is 13.1 Å². The monoisotopic (exact) mass is 302 g/mol. The van der Waals surface area contributed by atoms with Gasteiger partial charge in [0, 0.05) is 26.1 Å². The minimum Gasteiger partial charge on any atom is -0.480 e. The van der Waals surface area contributed by atoms with Gasteiger partial charge in [-0.3, -0.25) is 14.4 Å². The van der Waals surface area contributed by atoms with E-state index in [1.165, 1.54) is 0 Å². The highest BCUT2D eigenvalue weighted by Gasteiger charge is 2.10. The lowest BCUT2D eigenvalue weighted by molar-refractivity contribution is -0.137. The maximum Gasteiger partial charge on any atom is 0.322 e. The summed E-state index contributed by atoms with van der Waals surface area (Å²) in [5.74, 6) is -1.83. The Morgan fingerprint density at radius 3 is 2.10 bits per heavy atom. The number of carboxylic acid groups (broad SMARTS) is 1. The molecule has 4 amide bonds. The molecule has 0 heterocycles. The fourth-order valence-corrected chi connectivity index (χ4v) is 1.48. The number of carbonyl (C=O) groups excluding carboxylic acids is 3. The van der Waals surface area contributed by atoms with Crippen LogP contribution >= 0.6 is 0 Å². The zero-order valence-electron chi connectivity index (χ0n) is 12.3. The Hall–Kier alpha value is -2.32. The zero-order valence-corrected chi connectivity index (χ0v) is 12.3. The number of nitrogens with one attached hydrogen (secondary N) is 3. The Morgan fingerprint density at radius 1 is 0.952 bits per heavy atom. The van der Waals surface area contributed by atoms with Gasteiger partial charge in [-0.25, -0.2) is 4.79 Å². The molecule has 0 aliphatic carbocycles. The van der Waals surface area contributed by atoms with E-state index in [1.54, 1.807) is 4.90 Å². The van der Waals surface area contributed by atoms with Gasteiger partial charge >= 0.3 is 12.0 Å². The topological polar surface area (TPSA) is 128 Å². The van der Waals surface area contributed by atoms with Gasteiger partial charge < -0.3 is 26.0 Å². The third-order valence-corrected chi connectivity index (χ3v) is 2.59. The number of nitrogens with zero attached hydrogens (tertiary/aromatic N) is 1. The fourth-order valence-electron chi connectivity index (χ4n) is 1.48. The average molecular weight is 302 g/mol. The van der Waals surface area contributed by atoms with Crippen molar-refractivity contribution in [3.63, 3.8) is 0 Å². The van der Waals surface area contributed by atoms with Gasteiger partial charge in [-0.15, -0.1) is 0 Å². The van der Waals surface area contributed by atoms with Crippen molar-refractivity contribution in [2.75, 3.05) is 32.7 Å². The predicted octanol–water partition coefficient (Wildman–Crippen LogP) is -1.26. The van der Waals surface area contributed by atoms with E-state index in [-0.39, 0.29) is 25.4 Å². The second kappa shape index (κ2) is 10.5. The van der Waals surface area contributed by atoms with E-state index in [9.17, 15) is 19.2 Å². The molecule has 0 aromatic rings. The number of urea groups is 1. The van der Waals surface area contributed by atoms with Crippen molar-refractivity contribution in [1.82, 2.24) is 20.9 Å². The Bertz CT molecular complexity index is 382. The van der Waals surface area contributed by atoms with Crippen LogP contribution in [0, 0.1) is 0 Å². The molecule has 0 aliphatic rings. The van der Waals surface area contributed by atoms with Gasteiger partial charge in [-0.1, -0.05) is 0 Å². The summed E-state index contributed by atoms with van der Waals surface area (Å²) < 4.78 is 0. The molecule has 9 nitrogen and oxygen atoms in total. The molecule has 21 heavy (non-hydrogen) atoms. The first-order valence-corrected chi connectivity index (χ1v) is 6.68. The quantitative estimate of drug-likeness (QED) is 0.423. The minimum absolute atomic E-state index is 0.0560. The Balaban J connectivity index is 3.78. The van der Waals surface area contributed by atoms with E-state index >= 15 is 0 Å². The molecule has 0 saturated heterocycles. The largest absolute Gasteiger partial charge is 0.480 e. The van der Waals surface area contributed by atoms with Crippen LogP contribution in [0.2, 0.25) is 0 Å². The molecule has 0 aromatic carbocycles. The second-order valence-electron chi connectivity index (χ2n) is 4.10. The van der Waals surface area contributed by atoms with Crippen LogP contribution in [0.1, 0.15) is 20.3 Å². The van der Waals surface area contributed by atoms with Gasteiger partial charge in [0.05, 0.1) is 6.54 Å². The lowest BCUT2D eigenvalue weighted by atomic mass is 10.3. The summed E-state index contributed by atoms with van der Waals surface area (Å²) in [7, 11) is 0. The van der Waals surface area contributed by atoms with Crippen LogP contribution in [0.5, 0.6) is 0 Å². The summed E-state index contributed by atoms with van der Waals surface area (Å²) in [6.45, 7) is 4.31. The molecule has 120 valence electrons. The number of carboxylic acids is 1. The Labute approximate surface area is 123 Å². The molecule has 0 radical (unpaired) electrons. The molecule has 0 aromatic heterocycles. The first-order valence-electron chi connectivity index (χ1n) is 6.68. The van der Waals surface area contributed by atoms with Crippen molar-refractivity contribution in [2.24, 2.45) is 0 Å². The van der Waals surface area contributed by atoms with E-state index in [0.717, 1.165) is 0 Å². The number of carbonyl (C=O) groups is 4. The molecule has 0 unspecified atom stereocenters. The van der Waals surface area contributed by atoms with Crippen molar-refractivity contribution in [1.29, 1.82) is 0 Å². The summed E-state index contributed by atoms with van der Waals surface area (Å²) in [6, 6.07) is -0.590. The third-order valence-electron chi connectivity index (χ3n) is 2.59. The van der Waals surface area contributed by atoms with Crippen LogP contribution in [0.3, 0.4) is 0 Å². The number of aliphatic carboxylic acids is 1. The third kappa shape index (κ3) is 9.25. The molecule has 0 rings (SSSR count). The van der Waals surface area contributed by atoms with E-state index in [4.69, 9.17) is 5.11 Å². The summed E-state index contributed by atoms with van der Waals surface area (Å²) in [4.78, 5) is 45.9. The molecule has 0 aliphatic heterocycles. The average Bonchev–Trinajstić information content (AvgIpc) is 2.44. The van der Waals surface area contributed by atoms with E-state index in [1.807, 2.05) is 13.8 Å². The Morgan fingerprint density at radius 2 is 1.57 bits per heavy atom. The van der Waals surface area contributed by atoms with Crippen LogP contribution < -0.4 is 16.0 Å². The predicted molar refractivity (Wildman–Crippen MR) is 74.6 cm³/mol. The fraction of sp³-hybridized carbons (Fsp3) is 0.667. The number of rotatable bonds is 9. The van der Waals surface area contributed by atoms with Gasteiger partial charge in [0.1, 0.15) is 6.54 Å². The molecule has 4 N–H and O–H groups in total. The standard InChI is InChI=1S/C12H22N4O5/c1-3-16(4-2)10(18)5-6-13-12(21)15-7-9(17)14-8-11(19)20/h3-8H2,1-2H3,(H,14,17)(H,19,20)(H2,13,15,21). The lowest BCUT2D eigenvalue weighted by Crippen LogP contribution is -2.44. The van der Waals surface area contributed by atoms with E-state index in [2.05, 4.69) is 16.0 Å². The van der Waals surface area contributed by atoms with Crippen molar-refractivity contribution < 1.29 is 24.3 Å². The highest BCUT2D eigenvalue weighted by molar-refractivity contribution is 5.86. The van der Waals surface area contributed by atoms with Crippen LogP contribution in [-0.4, -0.2) is 66.5 Å². The number of hydrogen-bond acceptors (Lipinski definition) is 4. The molecule has 9 heteroatoms. The summed E-state index contributed by atoms with van der Waals surface area (Å²) >= 11 is 0. The highest BCUT2D eigenvalue weighted by atomic mass is 16.4. The van der Waals surface area contributed by atoms with Crippen LogP contribution in [0.15, 0.2) is 0 Å². The summed E-state index contributed by atoms with van der Waals surface area (Å²) in [6.07, 6.45) is 0.181. The van der Waals surface area contributed by atoms with Gasteiger partial charge in [0.15, 0.2) is 0 Å². The van der Waals surface area contributed by atoms with Crippen molar-refractivity contribution in [3.8, 4) is 0 Å². The first-order chi connectivity index (χ1) is 9.90. The smallest absolute Gasteiger partial charge is 0.322 e. The maximum atomic E-state index is 11.6. The number of hydrogen-bond donors (Lipinski definition) is 4. The van der Waals surface area contributed by atoms with Crippen molar-refractivity contribution in [2.45, 2.75) is 20.3 Å². The molecule has 0 bridgehead atoms. The summed E-state index contributed by atoms with van der Waals surface area (Å²) in [5, 5.41) is 15.1. The highest BCUT2D eigenvalue weighted by Crippen LogP contribution is 1.92. The van der Waals surface area contributed by atoms with Gasteiger partial charge in [0.2, 0.25) is 11.8 Å². The van der Waals surface area contributed by atoms with Gasteiger partial charge in [-0.05, 0) is 13.8 Å². The van der Waals surface area contributed by atoms with Crippen LogP contribution in [-0.2, 0) is 14.4 Å². The molecular formula is C12H22N4O5. The zero-order chi connectivity index (χ0) is 16.3. The lowest BCUT2D eigenvalue weighted by Gasteiger charge is -2.18. The van der Waals surface area contributed by atoms with Gasteiger partial charge in [-0.2, -0.15) is 0 Å². The van der Waals surface area contributed by atoms with Crippen LogP contribution in [0.4, 0.5) is 4.79 Å². The Kier molecular flexibility index (Phi) is 9.31. The molecule has 0 saturated carbocycles. The van der Waals surface area contributed by atoms with Crippen molar-refractivity contribution in [3.05, 3.63) is 0 Å². The maximum absolute atomic E-state index is 11.6. The molecular weight excluding hydrogens is 280 g/mol. The van der Waals surface area contributed by atoms with Crippen molar-refractivity contribution >= 4 is 23.8 Å². The summed E-state index contributed by atoms with van der Waals surface area (Å²) in [5.41, 5.74) is 0. The molecule has 0 atom stereocenters. The first kappa shape index (κ1) is 18.7. The second-order valence-corrected chi connectivity index (χ2v) is 4.10. The minimum atomic E-state index is -1.16.